The van der Waals surface area contributed by atoms with Crippen LogP contribution >= 0.6 is 0 Å². The average Bonchev–Trinajstić information content (AvgIpc) is 3.29. The van der Waals surface area contributed by atoms with Crippen molar-refractivity contribution in [1.29, 1.82) is 0 Å². The molecule has 1 fully saturated rings. The van der Waals surface area contributed by atoms with Gasteiger partial charge in [0.15, 0.2) is 5.65 Å². The molecule has 5 rings (SSSR count). The Bertz CT molecular complexity index is 1270. The first kappa shape index (κ1) is 21.9. The van der Waals surface area contributed by atoms with E-state index in [0.29, 0.717) is 22.8 Å². The van der Waals surface area contributed by atoms with Crippen molar-refractivity contribution < 1.29 is 14.3 Å². The Labute approximate surface area is 197 Å². The number of rotatable bonds is 8. The van der Waals surface area contributed by atoms with Crippen LogP contribution in [-0.4, -0.2) is 64.8 Å². The lowest BCUT2D eigenvalue weighted by atomic mass is 10.1. The Morgan fingerprint density at radius 1 is 1.09 bits per heavy atom. The van der Waals surface area contributed by atoms with E-state index in [1.807, 2.05) is 48.5 Å². The third-order valence-corrected chi connectivity index (χ3v) is 5.73. The quantitative estimate of drug-likeness (QED) is 0.418. The van der Waals surface area contributed by atoms with Crippen molar-refractivity contribution in [2.24, 2.45) is 5.73 Å². The van der Waals surface area contributed by atoms with E-state index in [-0.39, 0.29) is 0 Å². The van der Waals surface area contributed by atoms with Crippen LogP contribution in [0, 0.1) is 0 Å². The zero-order valence-electron chi connectivity index (χ0n) is 18.7. The van der Waals surface area contributed by atoms with Gasteiger partial charge in [0.1, 0.15) is 11.6 Å². The fourth-order valence-corrected chi connectivity index (χ4v) is 3.91. The summed E-state index contributed by atoms with van der Waals surface area (Å²) in [5.41, 5.74) is 8.18. The van der Waals surface area contributed by atoms with Crippen LogP contribution in [0.5, 0.6) is 11.6 Å². The highest BCUT2D eigenvalue weighted by Crippen LogP contribution is 2.29. The van der Waals surface area contributed by atoms with Gasteiger partial charge in [-0.05, 0) is 29.8 Å². The number of hydrogen-bond donors (Lipinski definition) is 2. The Morgan fingerprint density at radius 2 is 1.85 bits per heavy atom. The van der Waals surface area contributed by atoms with Gasteiger partial charge in [-0.25, -0.2) is 0 Å². The minimum Gasteiger partial charge on any atom is -0.439 e. The molecule has 0 saturated carbocycles. The predicted octanol–water partition coefficient (Wildman–Crippen LogP) is 3.03. The molecule has 0 bridgehead atoms. The fourth-order valence-electron chi connectivity index (χ4n) is 3.91. The highest BCUT2D eigenvalue weighted by Gasteiger charge is 2.16. The zero-order valence-corrected chi connectivity index (χ0v) is 18.7. The van der Waals surface area contributed by atoms with Gasteiger partial charge in [0, 0.05) is 43.4 Å². The maximum absolute atomic E-state index is 11.4. The molecular formula is C25H26N6O3. The lowest BCUT2D eigenvalue weighted by Gasteiger charge is -2.26. The predicted molar refractivity (Wildman–Crippen MR) is 129 cm³/mol. The third kappa shape index (κ3) is 4.85. The summed E-state index contributed by atoms with van der Waals surface area (Å²) in [5.74, 6) is 1.48. The van der Waals surface area contributed by atoms with Crippen LogP contribution in [-0.2, 0) is 4.74 Å². The second-order valence-electron chi connectivity index (χ2n) is 8.01. The van der Waals surface area contributed by atoms with Gasteiger partial charge in [-0.1, -0.05) is 30.3 Å². The third-order valence-electron chi connectivity index (χ3n) is 5.73. The number of nitrogens with zero attached hydrogens (tertiary/aromatic N) is 4. The second-order valence-corrected chi connectivity index (χ2v) is 8.01. The highest BCUT2D eigenvalue weighted by atomic mass is 16.5. The number of aromatic nitrogens is 3. The normalized spacial score (nSPS) is 14.2. The molecule has 0 radical (unpaired) electrons. The Morgan fingerprint density at radius 3 is 2.59 bits per heavy atom. The minimum atomic E-state index is -0.463. The van der Waals surface area contributed by atoms with Crippen LogP contribution in [0.1, 0.15) is 10.4 Å². The van der Waals surface area contributed by atoms with E-state index in [9.17, 15) is 4.79 Å². The molecule has 3 N–H and O–H groups in total. The monoisotopic (exact) mass is 458 g/mol. The van der Waals surface area contributed by atoms with Crippen LogP contribution in [0.3, 0.4) is 0 Å². The molecule has 0 atom stereocenters. The van der Waals surface area contributed by atoms with Crippen molar-refractivity contribution in [3.63, 3.8) is 0 Å². The molecule has 3 heterocycles. The Kier molecular flexibility index (Phi) is 6.37. The molecule has 9 nitrogen and oxygen atoms in total. The number of benzene rings is 2. The number of primary amides is 1. The molecule has 0 aliphatic carbocycles. The number of anilines is 1. The number of fused-ring (bicyclic) bond motifs is 1. The van der Waals surface area contributed by atoms with Crippen LogP contribution in [0.4, 0.5) is 5.82 Å². The number of para-hydroxylation sites is 1. The topological polar surface area (TPSA) is 107 Å². The standard InChI is InChI=1S/C25H26N6O3/c26-24(32)19-8-6-18(7-9-19)21-17-28-31-22(27-10-11-30-12-14-33-15-13-30)16-23(29-25(21)31)34-20-4-2-1-3-5-20/h1-9,16-17,27H,10-15H2,(H2,26,32). The van der Waals surface area contributed by atoms with Gasteiger partial charge in [-0.15, -0.1) is 0 Å². The summed E-state index contributed by atoms with van der Waals surface area (Å²) in [5, 5.41) is 8.06. The number of morpholine rings is 1. The molecule has 2 aromatic heterocycles. The lowest BCUT2D eigenvalue weighted by molar-refractivity contribution is 0.0398. The molecule has 1 amide bonds. The Hall–Kier alpha value is -3.95. The van der Waals surface area contributed by atoms with Gasteiger partial charge in [0.05, 0.1) is 19.4 Å². The molecule has 1 aliphatic rings. The van der Waals surface area contributed by atoms with Crippen molar-refractivity contribution in [3.8, 4) is 22.8 Å². The van der Waals surface area contributed by atoms with E-state index >= 15 is 0 Å². The molecule has 4 aromatic rings. The summed E-state index contributed by atoms with van der Waals surface area (Å²) in [6.07, 6.45) is 1.76. The van der Waals surface area contributed by atoms with Gasteiger partial charge in [-0.2, -0.15) is 14.6 Å². The number of amides is 1. The van der Waals surface area contributed by atoms with E-state index in [2.05, 4.69) is 15.3 Å². The molecule has 174 valence electrons. The zero-order chi connectivity index (χ0) is 23.3. The summed E-state index contributed by atoms with van der Waals surface area (Å²) < 4.78 is 13.3. The van der Waals surface area contributed by atoms with Crippen molar-refractivity contribution >= 4 is 17.4 Å². The van der Waals surface area contributed by atoms with Crippen LogP contribution < -0.4 is 15.8 Å². The molecule has 1 aliphatic heterocycles. The van der Waals surface area contributed by atoms with E-state index in [1.54, 1.807) is 22.8 Å². The largest absolute Gasteiger partial charge is 0.439 e. The molecule has 34 heavy (non-hydrogen) atoms. The average molecular weight is 459 g/mol. The first-order valence-electron chi connectivity index (χ1n) is 11.2. The smallest absolute Gasteiger partial charge is 0.248 e. The number of ether oxygens (including phenoxy) is 2. The maximum Gasteiger partial charge on any atom is 0.248 e. The molecule has 9 heteroatoms. The van der Waals surface area contributed by atoms with Crippen molar-refractivity contribution in [1.82, 2.24) is 19.5 Å². The SMILES string of the molecule is NC(=O)c1ccc(-c2cnn3c(NCCN4CCOCC4)cc(Oc4ccccc4)nc23)cc1. The van der Waals surface area contributed by atoms with Gasteiger partial charge in [0.25, 0.3) is 0 Å². The summed E-state index contributed by atoms with van der Waals surface area (Å²) in [6.45, 7) is 5.04. The fraction of sp³-hybridized carbons (Fsp3) is 0.240. The number of nitrogens with one attached hydrogen (secondary N) is 1. The lowest BCUT2D eigenvalue weighted by Crippen LogP contribution is -2.39. The summed E-state index contributed by atoms with van der Waals surface area (Å²) in [7, 11) is 0. The molecule has 1 saturated heterocycles. The van der Waals surface area contributed by atoms with Gasteiger partial charge in [0.2, 0.25) is 11.8 Å². The molecule has 0 unspecified atom stereocenters. The molecule has 0 spiro atoms. The number of carbonyl (C=O) groups is 1. The van der Waals surface area contributed by atoms with Crippen molar-refractivity contribution in [2.45, 2.75) is 0 Å². The second kappa shape index (κ2) is 9.90. The first-order valence-corrected chi connectivity index (χ1v) is 11.2. The van der Waals surface area contributed by atoms with E-state index in [0.717, 1.165) is 56.3 Å². The maximum atomic E-state index is 11.4. The first-order chi connectivity index (χ1) is 16.7. The van der Waals surface area contributed by atoms with Gasteiger partial charge in [-0.3, -0.25) is 9.69 Å². The van der Waals surface area contributed by atoms with Gasteiger partial charge < -0.3 is 20.5 Å². The van der Waals surface area contributed by atoms with E-state index in [4.69, 9.17) is 20.2 Å². The summed E-state index contributed by atoms with van der Waals surface area (Å²) in [4.78, 5) is 18.6. The number of nitrogens with two attached hydrogens (primary N) is 1. The number of hydrogen-bond acceptors (Lipinski definition) is 7. The van der Waals surface area contributed by atoms with Crippen LogP contribution in [0.25, 0.3) is 16.8 Å². The number of carbonyl (C=O) groups excluding carboxylic acids is 1. The minimum absolute atomic E-state index is 0.451. The Balaban J connectivity index is 1.46. The van der Waals surface area contributed by atoms with Crippen LogP contribution in [0.2, 0.25) is 0 Å². The highest BCUT2D eigenvalue weighted by molar-refractivity contribution is 5.93. The molecular weight excluding hydrogens is 432 g/mol. The van der Waals surface area contributed by atoms with Crippen LogP contribution in [0.15, 0.2) is 66.9 Å². The van der Waals surface area contributed by atoms with E-state index in [1.165, 1.54) is 0 Å². The summed E-state index contributed by atoms with van der Waals surface area (Å²) in [6, 6.07) is 18.5. The van der Waals surface area contributed by atoms with Gasteiger partial charge >= 0.3 is 0 Å². The summed E-state index contributed by atoms with van der Waals surface area (Å²) >= 11 is 0. The van der Waals surface area contributed by atoms with Crippen molar-refractivity contribution in [2.75, 3.05) is 44.7 Å². The molecule has 2 aromatic carbocycles. The van der Waals surface area contributed by atoms with E-state index < -0.39 is 5.91 Å². The van der Waals surface area contributed by atoms with Crippen molar-refractivity contribution in [3.05, 3.63) is 72.4 Å².